The molecule has 0 saturated carbocycles. The Bertz CT molecular complexity index is 1790. The van der Waals surface area contributed by atoms with Crippen molar-refractivity contribution >= 4 is 55.1 Å². The summed E-state index contributed by atoms with van der Waals surface area (Å²) in [6.07, 6.45) is 1.88. The lowest BCUT2D eigenvalue weighted by atomic mass is 10.0. The number of sulfonamides is 1. The molecule has 1 N–H and O–H groups in total. The van der Waals surface area contributed by atoms with Gasteiger partial charge in [0.25, 0.3) is 10.0 Å². The predicted molar refractivity (Wildman–Crippen MR) is 192 cm³/mol. The average molecular weight is 757 g/mol. The van der Waals surface area contributed by atoms with Crippen LogP contribution in [-0.2, 0) is 32.6 Å². The SMILES string of the molecule is CCCCNC(=O)[C@H](Cc1ccccc1)N(Cc1cccc(Br)c1)C(=O)CN(c1ccc(Cl)cc1)S(=O)(=O)c1ccc(OC)c(OC)c1. The largest absolute Gasteiger partial charge is 0.493 e. The quantitative estimate of drug-likeness (QED) is 0.125. The van der Waals surface area contributed by atoms with Crippen LogP contribution in [0.3, 0.4) is 0 Å². The van der Waals surface area contributed by atoms with E-state index in [4.69, 9.17) is 21.1 Å². The fourth-order valence-corrected chi connectivity index (χ4v) is 7.14. The van der Waals surface area contributed by atoms with Gasteiger partial charge < -0.3 is 19.7 Å². The van der Waals surface area contributed by atoms with Crippen molar-refractivity contribution in [1.82, 2.24) is 10.2 Å². The lowest BCUT2D eigenvalue weighted by Crippen LogP contribution is -2.53. The van der Waals surface area contributed by atoms with Gasteiger partial charge in [-0.15, -0.1) is 0 Å². The summed E-state index contributed by atoms with van der Waals surface area (Å²) < 4.78 is 41.2. The monoisotopic (exact) mass is 755 g/mol. The van der Waals surface area contributed by atoms with Crippen LogP contribution in [0.2, 0.25) is 5.02 Å². The summed E-state index contributed by atoms with van der Waals surface area (Å²) in [7, 11) is -1.49. The third kappa shape index (κ3) is 9.52. The van der Waals surface area contributed by atoms with E-state index in [2.05, 4.69) is 21.2 Å². The first kappa shape index (κ1) is 36.8. The lowest BCUT2D eigenvalue weighted by molar-refractivity contribution is -0.140. The van der Waals surface area contributed by atoms with E-state index in [0.717, 1.165) is 32.7 Å². The summed E-state index contributed by atoms with van der Waals surface area (Å²) in [6.45, 7) is 1.94. The average Bonchev–Trinajstić information content (AvgIpc) is 3.09. The molecule has 0 unspecified atom stereocenters. The van der Waals surface area contributed by atoms with Gasteiger partial charge in [0.05, 0.1) is 24.8 Å². The Balaban J connectivity index is 1.81. The van der Waals surface area contributed by atoms with E-state index >= 15 is 0 Å². The third-order valence-corrected chi connectivity index (χ3v) is 10.2. The number of rotatable bonds is 16. The highest BCUT2D eigenvalue weighted by Gasteiger charge is 2.35. The van der Waals surface area contributed by atoms with Gasteiger partial charge in [-0.25, -0.2) is 8.42 Å². The van der Waals surface area contributed by atoms with Crippen LogP contribution in [0, 0.1) is 0 Å². The molecule has 0 aliphatic heterocycles. The molecular weight excluding hydrogens is 718 g/mol. The Morgan fingerprint density at radius 3 is 2.21 bits per heavy atom. The van der Waals surface area contributed by atoms with Crippen molar-refractivity contribution in [1.29, 1.82) is 0 Å². The van der Waals surface area contributed by atoms with Crippen LogP contribution in [0.5, 0.6) is 11.5 Å². The van der Waals surface area contributed by atoms with Crippen LogP contribution in [-0.4, -0.2) is 58.5 Å². The van der Waals surface area contributed by atoms with Gasteiger partial charge >= 0.3 is 0 Å². The normalized spacial score (nSPS) is 11.8. The summed E-state index contributed by atoms with van der Waals surface area (Å²) in [4.78, 5) is 29.8. The molecule has 0 spiro atoms. The van der Waals surface area contributed by atoms with Gasteiger partial charge in [-0.1, -0.05) is 83.3 Å². The smallest absolute Gasteiger partial charge is 0.264 e. The number of hydrogen-bond donors (Lipinski definition) is 1. The molecule has 0 saturated heterocycles. The van der Waals surface area contributed by atoms with E-state index < -0.39 is 28.5 Å². The fourth-order valence-electron chi connectivity index (χ4n) is 5.13. The van der Waals surface area contributed by atoms with E-state index in [1.165, 1.54) is 49.5 Å². The minimum absolute atomic E-state index is 0.0574. The van der Waals surface area contributed by atoms with Crippen LogP contribution in [0.15, 0.2) is 106 Å². The molecule has 254 valence electrons. The number of anilines is 1. The molecular formula is C36H39BrClN3O6S. The van der Waals surface area contributed by atoms with Crippen LogP contribution in [0.4, 0.5) is 5.69 Å². The maximum absolute atomic E-state index is 14.6. The minimum Gasteiger partial charge on any atom is -0.493 e. The molecule has 4 aromatic rings. The number of carbonyl (C=O) groups excluding carboxylic acids is 2. The summed E-state index contributed by atoms with van der Waals surface area (Å²) in [5.74, 6) is -0.329. The van der Waals surface area contributed by atoms with Gasteiger partial charge in [-0.05, 0) is 66.1 Å². The molecule has 0 bridgehead atoms. The molecule has 0 heterocycles. The summed E-state index contributed by atoms with van der Waals surface area (Å²) in [5, 5.41) is 3.39. The van der Waals surface area contributed by atoms with E-state index in [9.17, 15) is 18.0 Å². The summed E-state index contributed by atoms with van der Waals surface area (Å²) >= 11 is 9.66. The number of unbranched alkanes of at least 4 members (excludes halogenated alkanes) is 1. The molecule has 0 aliphatic rings. The number of hydrogen-bond acceptors (Lipinski definition) is 6. The highest BCUT2D eigenvalue weighted by molar-refractivity contribution is 9.10. The fraction of sp³-hybridized carbons (Fsp3) is 0.278. The highest BCUT2D eigenvalue weighted by Crippen LogP contribution is 2.33. The van der Waals surface area contributed by atoms with Crippen molar-refractivity contribution in [2.24, 2.45) is 0 Å². The number of amides is 2. The van der Waals surface area contributed by atoms with Crippen LogP contribution in [0.25, 0.3) is 0 Å². The zero-order valence-electron chi connectivity index (χ0n) is 27.1. The number of halogens is 2. The van der Waals surface area contributed by atoms with E-state index in [1.807, 2.05) is 61.5 Å². The number of nitrogens with zero attached hydrogens (tertiary/aromatic N) is 2. The second-order valence-electron chi connectivity index (χ2n) is 11.0. The standard InChI is InChI=1S/C36H39BrClN3O6S/c1-4-5-20-39-36(43)32(22-26-10-7-6-8-11-26)40(24-27-12-9-13-28(37)21-27)35(42)25-41(30-16-14-29(38)15-17-30)48(44,45)31-18-19-33(46-2)34(23-31)47-3/h6-19,21,23,32H,4-5,20,22,24-25H2,1-3H3,(H,39,43)/t32-/m0/s1. The van der Waals surface area contributed by atoms with Gasteiger partial charge in [0.2, 0.25) is 11.8 Å². The number of ether oxygens (including phenoxy) is 2. The van der Waals surface area contributed by atoms with E-state index in [-0.39, 0.29) is 35.2 Å². The van der Waals surface area contributed by atoms with Gasteiger partial charge in [0, 0.05) is 35.1 Å². The minimum atomic E-state index is -4.36. The van der Waals surface area contributed by atoms with Crippen molar-refractivity contribution in [2.75, 3.05) is 31.6 Å². The number of nitrogens with one attached hydrogen (secondary N) is 1. The van der Waals surface area contributed by atoms with Crippen molar-refractivity contribution in [3.05, 3.63) is 118 Å². The van der Waals surface area contributed by atoms with Gasteiger partial charge in [0.15, 0.2) is 11.5 Å². The maximum Gasteiger partial charge on any atom is 0.264 e. The van der Waals surface area contributed by atoms with Gasteiger partial charge in [0.1, 0.15) is 12.6 Å². The van der Waals surface area contributed by atoms with E-state index in [1.54, 1.807) is 12.1 Å². The second-order valence-corrected chi connectivity index (χ2v) is 14.2. The first-order valence-corrected chi connectivity index (χ1v) is 18.0. The molecule has 0 aromatic heterocycles. The van der Waals surface area contributed by atoms with Crippen LogP contribution >= 0.6 is 27.5 Å². The van der Waals surface area contributed by atoms with Crippen molar-refractivity contribution in [3.63, 3.8) is 0 Å². The molecule has 2 amide bonds. The van der Waals surface area contributed by atoms with Crippen molar-refractivity contribution < 1.29 is 27.5 Å². The number of benzene rings is 4. The Morgan fingerprint density at radius 2 is 1.56 bits per heavy atom. The molecule has 4 rings (SSSR count). The van der Waals surface area contributed by atoms with Crippen LogP contribution < -0.4 is 19.1 Å². The molecule has 12 heteroatoms. The second kappa shape index (κ2) is 17.4. The molecule has 9 nitrogen and oxygen atoms in total. The van der Waals surface area contributed by atoms with Crippen molar-refractivity contribution in [3.8, 4) is 11.5 Å². The van der Waals surface area contributed by atoms with E-state index in [0.29, 0.717) is 17.3 Å². The van der Waals surface area contributed by atoms with Crippen LogP contribution in [0.1, 0.15) is 30.9 Å². The Labute approximate surface area is 296 Å². The maximum atomic E-state index is 14.6. The highest BCUT2D eigenvalue weighted by atomic mass is 79.9. The number of methoxy groups -OCH3 is 2. The van der Waals surface area contributed by atoms with Gasteiger partial charge in [-0.3, -0.25) is 13.9 Å². The Morgan fingerprint density at radius 1 is 0.875 bits per heavy atom. The predicted octanol–water partition coefficient (Wildman–Crippen LogP) is 6.87. The first-order valence-electron chi connectivity index (χ1n) is 15.4. The first-order chi connectivity index (χ1) is 23.1. The van der Waals surface area contributed by atoms with Gasteiger partial charge in [-0.2, -0.15) is 0 Å². The van der Waals surface area contributed by atoms with Crippen molar-refractivity contribution in [2.45, 2.75) is 43.7 Å². The molecule has 4 aromatic carbocycles. The molecule has 0 aliphatic carbocycles. The summed E-state index contributed by atoms with van der Waals surface area (Å²) in [6, 6.07) is 26.3. The molecule has 0 fully saturated rings. The zero-order chi connectivity index (χ0) is 34.7. The Kier molecular flexibility index (Phi) is 13.3. The molecule has 0 radical (unpaired) electrons. The Hall–Kier alpha value is -4.06. The third-order valence-electron chi connectivity index (χ3n) is 7.68. The number of carbonyl (C=O) groups is 2. The molecule has 48 heavy (non-hydrogen) atoms. The summed E-state index contributed by atoms with van der Waals surface area (Å²) in [5.41, 5.74) is 1.84. The lowest BCUT2D eigenvalue weighted by Gasteiger charge is -2.34. The zero-order valence-corrected chi connectivity index (χ0v) is 30.2. The molecule has 1 atom stereocenters. The topological polar surface area (TPSA) is 105 Å².